The number of benzene rings is 2. The van der Waals surface area contributed by atoms with Gasteiger partial charge in [0.1, 0.15) is 0 Å². The predicted octanol–water partition coefficient (Wildman–Crippen LogP) is 2.96. The number of amides is 1. The Labute approximate surface area is 163 Å². The van der Waals surface area contributed by atoms with Crippen molar-refractivity contribution in [3.63, 3.8) is 0 Å². The molecular formula is C21H23N3O4. The maximum atomic E-state index is 12.2. The van der Waals surface area contributed by atoms with Crippen LogP contribution in [0.2, 0.25) is 0 Å². The molecule has 0 aliphatic rings. The van der Waals surface area contributed by atoms with Gasteiger partial charge >= 0.3 is 0 Å². The van der Waals surface area contributed by atoms with Crippen LogP contribution in [0.4, 0.5) is 0 Å². The molecule has 0 aliphatic carbocycles. The molecule has 0 unspecified atom stereocenters. The highest BCUT2D eigenvalue weighted by Gasteiger charge is 2.11. The van der Waals surface area contributed by atoms with Crippen LogP contribution in [0.15, 0.2) is 47.0 Å². The van der Waals surface area contributed by atoms with E-state index in [-0.39, 0.29) is 12.3 Å². The molecule has 1 N–H and O–H groups in total. The lowest BCUT2D eigenvalue weighted by atomic mass is 10.1. The first kappa shape index (κ1) is 19.4. The average Bonchev–Trinajstić information content (AvgIpc) is 3.17. The van der Waals surface area contributed by atoms with Crippen molar-refractivity contribution in [2.75, 3.05) is 20.8 Å². The highest BCUT2D eigenvalue weighted by Crippen LogP contribution is 2.27. The molecular weight excluding hydrogens is 358 g/mol. The smallest absolute Gasteiger partial charge is 0.228 e. The van der Waals surface area contributed by atoms with E-state index >= 15 is 0 Å². The van der Waals surface area contributed by atoms with E-state index in [1.165, 1.54) is 5.56 Å². The van der Waals surface area contributed by atoms with Crippen molar-refractivity contribution in [3.8, 4) is 22.9 Å². The normalized spacial score (nSPS) is 10.5. The number of nitrogens with zero attached hydrogens (tertiary/aromatic N) is 2. The predicted molar refractivity (Wildman–Crippen MR) is 104 cm³/mol. The van der Waals surface area contributed by atoms with Crippen LogP contribution in [0.1, 0.15) is 17.0 Å². The van der Waals surface area contributed by atoms with E-state index in [4.69, 9.17) is 14.0 Å². The summed E-state index contributed by atoms with van der Waals surface area (Å²) in [6, 6.07) is 13.3. The third-order valence-corrected chi connectivity index (χ3v) is 4.25. The fourth-order valence-electron chi connectivity index (χ4n) is 2.72. The lowest BCUT2D eigenvalue weighted by Gasteiger charge is -2.09. The summed E-state index contributed by atoms with van der Waals surface area (Å²) in [6.07, 6.45) is 0.718. The van der Waals surface area contributed by atoms with Gasteiger partial charge in [0, 0.05) is 18.5 Å². The van der Waals surface area contributed by atoms with Gasteiger partial charge in [0.2, 0.25) is 17.6 Å². The van der Waals surface area contributed by atoms with Crippen molar-refractivity contribution in [3.05, 3.63) is 59.5 Å². The highest BCUT2D eigenvalue weighted by atomic mass is 16.5. The number of carbonyl (C=O) groups is 1. The summed E-state index contributed by atoms with van der Waals surface area (Å²) in [5, 5.41) is 6.86. The monoisotopic (exact) mass is 381 g/mol. The number of aromatic nitrogens is 2. The Morgan fingerprint density at radius 3 is 2.54 bits per heavy atom. The second kappa shape index (κ2) is 9.03. The molecule has 0 atom stereocenters. The number of nitrogens with one attached hydrogen (secondary N) is 1. The molecule has 0 spiro atoms. The van der Waals surface area contributed by atoms with Gasteiger partial charge in [-0.1, -0.05) is 41.1 Å². The van der Waals surface area contributed by atoms with Crippen molar-refractivity contribution in [2.24, 2.45) is 0 Å². The van der Waals surface area contributed by atoms with Gasteiger partial charge in [-0.15, -0.1) is 0 Å². The third-order valence-electron chi connectivity index (χ3n) is 4.25. The number of carbonyl (C=O) groups excluding carboxylic acids is 1. The lowest BCUT2D eigenvalue weighted by molar-refractivity contribution is -0.120. The molecule has 7 heteroatoms. The minimum atomic E-state index is -0.0921. The fraction of sp³-hybridized carbons (Fsp3) is 0.286. The van der Waals surface area contributed by atoms with Crippen LogP contribution in [0.3, 0.4) is 0 Å². The van der Waals surface area contributed by atoms with Gasteiger partial charge in [0.25, 0.3) is 0 Å². The number of methoxy groups -OCH3 is 2. The molecule has 1 aromatic heterocycles. The summed E-state index contributed by atoms with van der Waals surface area (Å²) in [6.45, 7) is 2.44. The number of rotatable bonds is 8. The van der Waals surface area contributed by atoms with E-state index in [0.29, 0.717) is 36.2 Å². The Bertz CT molecular complexity index is 935. The Kier molecular flexibility index (Phi) is 6.26. The second-order valence-electron chi connectivity index (χ2n) is 6.34. The molecule has 1 amide bonds. The minimum absolute atomic E-state index is 0.0921. The molecule has 146 valence electrons. The van der Waals surface area contributed by atoms with Gasteiger partial charge in [-0.05, 0) is 24.6 Å². The summed E-state index contributed by atoms with van der Waals surface area (Å²) in [5.41, 5.74) is 2.91. The molecule has 2 aromatic carbocycles. The van der Waals surface area contributed by atoms with Crippen molar-refractivity contribution in [2.45, 2.75) is 19.8 Å². The maximum Gasteiger partial charge on any atom is 0.228 e. The molecule has 28 heavy (non-hydrogen) atoms. The first-order chi connectivity index (χ1) is 13.6. The minimum Gasteiger partial charge on any atom is -0.493 e. The van der Waals surface area contributed by atoms with E-state index in [2.05, 4.69) is 15.5 Å². The Morgan fingerprint density at radius 1 is 1.07 bits per heavy atom. The lowest BCUT2D eigenvalue weighted by Crippen LogP contribution is -2.27. The van der Waals surface area contributed by atoms with Gasteiger partial charge in [-0.3, -0.25) is 4.79 Å². The molecule has 3 rings (SSSR count). The maximum absolute atomic E-state index is 12.2. The van der Waals surface area contributed by atoms with Crippen LogP contribution in [-0.4, -0.2) is 36.8 Å². The molecule has 0 radical (unpaired) electrons. The zero-order valence-corrected chi connectivity index (χ0v) is 16.2. The van der Waals surface area contributed by atoms with E-state index in [0.717, 1.165) is 11.1 Å². The first-order valence-corrected chi connectivity index (χ1v) is 8.96. The zero-order chi connectivity index (χ0) is 19.9. The number of ether oxygens (including phenoxy) is 2. The van der Waals surface area contributed by atoms with Crippen molar-refractivity contribution in [1.29, 1.82) is 0 Å². The largest absolute Gasteiger partial charge is 0.493 e. The third kappa shape index (κ3) is 4.88. The number of aryl methyl sites for hydroxylation is 1. The van der Waals surface area contributed by atoms with Crippen LogP contribution in [-0.2, 0) is 17.6 Å². The van der Waals surface area contributed by atoms with E-state index in [1.54, 1.807) is 26.4 Å². The summed E-state index contributed by atoms with van der Waals surface area (Å²) in [4.78, 5) is 16.5. The van der Waals surface area contributed by atoms with E-state index < -0.39 is 0 Å². The average molecular weight is 381 g/mol. The Balaban J connectivity index is 1.50. The first-order valence-electron chi connectivity index (χ1n) is 8.96. The zero-order valence-electron chi connectivity index (χ0n) is 16.2. The summed E-state index contributed by atoms with van der Waals surface area (Å²) < 4.78 is 15.7. The Hall–Kier alpha value is -3.35. The van der Waals surface area contributed by atoms with Crippen LogP contribution in [0.25, 0.3) is 11.4 Å². The van der Waals surface area contributed by atoms with Crippen LogP contribution >= 0.6 is 0 Å². The highest BCUT2D eigenvalue weighted by molar-refractivity contribution is 5.78. The van der Waals surface area contributed by atoms with Crippen molar-refractivity contribution >= 4 is 5.91 Å². The standard InChI is InChI=1S/C21H23N3O4/c1-14-4-7-16(8-5-14)21-23-20(28-24-21)10-11-22-19(25)13-15-6-9-17(26-2)18(12-15)27-3/h4-9,12H,10-11,13H2,1-3H3,(H,22,25). The van der Waals surface area contributed by atoms with E-state index in [9.17, 15) is 4.79 Å². The second-order valence-corrected chi connectivity index (χ2v) is 6.34. The van der Waals surface area contributed by atoms with Crippen molar-refractivity contribution in [1.82, 2.24) is 15.5 Å². The fourth-order valence-corrected chi connectivity index (χ4v) is 2.72. The number of hydrogen-bond donors (Lipinski definition) is 1. The van der Waals surface area contributed by atoms with Gasteiger partial charge in [-0.25, -0.2) is 0 Å². The van der Waals surface area contributed by atoms with Gasteiger partial charge < -0.3 is 19.3 Å². The summed E-state index contributed by atoms with van der Waals surface area (Å²) in [7, 11) is 3.14. The van der Waals surface area contributed by atoms with Crippen LogP contribution < -0.4 is 14.8 Å². The molecule has 0 aliphatic heterocycles. The number of hydrogen-bond acceptors (Lipinski definition) is 6. The molecule has 0 saturated heterocycles. The SMILES string of the molecule is COc1ccc(CC(=O)NCCc2nc(-c3ccc(C)cc3)no2)cc1OC. The van der Waals surface area contributed by atoms with Crippen LogP contribution in [0.5, 0.6) is 11.5 Å². The van der Waals surface area contributed by atoms with Gasteiger partial charge in [0.05, 0.1) is 20.6 Å². The van der Waals surface area contributed by atoms with Crippen molar-refractivity contribution < 1.29 is 18.8 Å². The summed E-state index contributed by atoms with van der Waals surface area (Å²) in [5.74, 6) is 2.17. The molecule has 0 fully saturated rings. The quantitative estimate of drug-likeness (QED) is 0.646. The van der Waals surface area contributed by atoms with E-state index in [1.807, 2.05) is 37.3 Å². The van der Waals surface area contributed by atoms with Gasteiger partial charge in [-0.2, -0.15) is 4.98 Å². The molecule has 7 nitrogen and oxygen atoms in total. The molecule has 1 heterocycles. The molecule has 0 saturated carbocycles. The molecule has 3 aromatic rings. The Morgan fingerprint density at radius 2 is 1.82 bits per heavy atom. The van der Waals surface area contributed by atoms with Gasteiger partial charge in [0.15, 0.2) is 11.5 Å². The summed E-state index contributed by atoms with van der Waals surface area (Å²) >= 11 is 0. The molecule has 0 bridgehead atoms. The van der Waals surface area contributed by atoms with Crippen LogP contribution in [0, 0.1) is 6.92 Å². The topological polar surface area (TPSA) is 86.5 Å².